The van der Waals surface area contributed by atoms with E-state index in [9.17, 15) is 86.2 Å². The van der Waals surface area contributed by atoms with E-state index < -0.39 is 120 Å². The number of benzene rings is 7. The molecule has 0 fully saturated rings. The van der Waals surface area contributed by atoms with Gasteiger partial charge in [0, 0.05) is 50.9 Å². The smallest absolute Gasteiger partial charge is 0.422 e. The zero-order chi connectivity index (χ0) is 99.2. The Hall–Kier alpha value is -14.2. The van der Waals surface area contributed by atoms with Crippen molar-refractivity contribution < 1.29 is 130 Å². The molecule has 0 unspecified atom stereocenters. The van der Waals surface area contributed by atoms with Crippen LogP contribution in [0.15, 0.2) is 170 Å². The minimum atomic E-state index is -4.62. The molecule has 11 aromatic rings. The molecule has 4 aromatic heterocycles. The molecule has 0 aliphatic heterocycles. The third-order valence-electron chi connectivity index (χ3n) is 14.3. The number of hydrogen-bond acceptors (Lipinski definition) is 33. The predicted molar refractivity (Wildman–Crippen MR) is 461 cm³/mol. The van der Waals surface area contributed by atoms with Crippen LogP contribution in [0, 0.1) is 0 Å². The van der Waals surface area contributed by atoms with Gasteiger partial charge in [0.05, 0.1) is 27.8 Å². The molecule has 708 valence electrons. The van der Waals surface area contributed by atoms with Crippen molar-refractivity contribution in [2.45, 2.75) is 104 Å². The van der Waals surface area contributed by atoms with Gasteiger partial charge in [-0.05, 0) is 290 Å². The molecule has 0 saturated heterocycles. The minimum Gasteiger partial charge on any atom is -0.478 e. The fourth-order valence-corrected chi connectivity index (χ4v) is 9.75. The predicted octanol–water partition coefficient (Wildman–Crippen LogP) is 19.6. The Morgan fingerprint density at radius 3 is 0.647 bits per heavy atom. The van der Waals surface area contributed by atoms with E-state index in [0.29, 0.717) is 56.5 Å². The number of hydrogen-bond donors (Lipinski definition) is 10. The van der Waals surface area contributed by atoms with Gasteiger partial charge >= 0.3 is 72.6 Å². The van der Waals surface area contributed by atoms with E-state index in [2.05, 4.69) is 101 Å². The first kappa shape index (κ1) is 108. The highest BCUT2D eigenvalue weighted by Crippen LogP contribution is 2.30. The van der Waals surface area contributed by atoms with Crippen molar-refractivity contribution in [3.8, 4) is 18.0 Å². The van der Waals surface area contributed by atoms with Crippen molar-refractivity contribution in [1.82, 2.24) is 59.8 Å². The molecule has 52 heteroatoms. The number of rotatable bonds is 25. The second kappa shape index (κ2) is 48.1. The van der Waals surface area contributed by atoms with Gasteiger partial charge in [0.1, 0.15) is 23.4 Å². The number of nitrogens with one attached hydrogen (secondary N) is 6. The number of nitrogens with zero attached hydrogens (tertiary/aromatic N) is 12. The summed E-state index contributed by atoms with van der Waals surface area (Å²) in [6.45, 7) is 9.45. The van der Waals surface area contributed by atoms with Gasteiger partial charge in [0.25, 0.3) is 10.5 Å². The molecule has 0 atom stereocenters. The summed E-state index contributed by atoms with van der Waals surface area (Å²) in [7, 11) is 0. The normalized spacial score (nSPS) is 11.2. The molecule has 0 aliphatic rings. The highest BCUT2D eigenvalue weighted by molar-refractivity contribution is 6.68. The van der Waals surface area contributed by atoms with E-state index in [1.54, 1.807) is 90.1 Å². The van der Waals surface area contributed by atoms with E-state index in [0.717, 1.165) is 0 Å². The lowest BCUT2D eigenvalue weighted by molar-refractivity contribution is -0.159. The SMILES string of the molecule is CC(C)(C)OC(=O)c1ccc(N)cc1.CC(C)(C)OC(=O)c1ccc(Nc2nc(Nc3ccc(C(=O)OC(C)(C)C)cc3)nc(OCC(F)(F)F)n2)cc1.Clc1nc(Cl)nc(Cl)n1.O=C(Cl)c1ccc(Nc2nc(Nc3ccc(C(=O)Cl)cc3)nc(OCC(F)(F)F)n2)cc1.O=C(O)c1ccc(Nc2nc(Nc3ccc(C(=O)O)cc3)nc(OCC(F)(F)F)n2)cc1.OCC(F)(F)F. The second-order valence-electron chi connectivity index (χ2n) is 28.9. The first-order chi connectivity index (χ1) is 61.8. The Kier molecular flexibility index (Phi) is 38.9. The quantitative estimate of drug-likeness (QED) is 0.00835. The highest BCUT2D eigenvalue weighted by atomic mass is 35.5. The minimum absolute atomic E-state index is 0.000000000000000444. The highest BCUT2D eigenvalue weighted by Gasteiger charge is 2.33. The van der Waals surface area contributed by atoms with Crippen LogP contribution in [0.4, 0.5) is 128 Å². The maximum atomic E-state index is 12.7. The molecule has 0 bridgehead atoms. The Labute approximate surface area is 770 Å². The fourth-order valence-electron chi connectivity index (χ4n) is 8.89. The van der Waals surface area contributed by atoms with Crippen molar-refractivity contribution in [2.24, 2.45) is 0 Å². The fraction of sp³-hybridized carbons (Fsp3) is 0.247. The number of carbonyl (C=O) groups is 7. The van der Waals surface area contributed by atoms with E-state index >= 15 is 0 Å². The molecular formula is C81H74Cl5F12N19O16. The van der Waals surface area contributed by atoms with E-state index in [1.807, 2.05) is 20.8 Å². The number of alkyl halides is 12. The van der Waals surface area contributed by atoms with Crippen LogP contribution in [0.5, 0.6) is 18.0 Å². The molecule has 0 radical (unpaired) electrons. The lowest BCUT2D eigenvalue weighted by atomic mass is 10.1. The number of aromatic nitrogens is 12. The number of carboxylic acid groups (broad SMARTS) is 2. The number of aromatic carboxylic acids is 2. The number of ether oxygens (including phenoxy) is 6. The Morgan fingerprint density at radius 2 is 0.481 bits per heavy atom. The summed E-state index contributed by atoms with van der Waals surface area (Å²) < 4.78 is 175. The molecule has 35 nitrogen and oxygen atoms in total. The van der Waals surface area contributed by atoms with E-state index in [4.69, 9.17) is 98.0 Å². The van der Waals surface area contributed by atoms with Gasteiger partial charge in [-0.2, -0.15) is 112 Å². The molecule has 0 spiro atoms. The Morgan fingerprint density at radius 1 is 0.301 bits per heavy atom. The van der Waals surface area contributed by atoms with Gasteiger partial charge in [-0.25, -0.2) is 24.0 Å². The van der Waals surface area contributed by atoms with Crippen molar-refractivity contribution in [2.75, 3.05) is 64.1 Å². The van der Waals surface area contributed by atoms with E-state index in [1.165, 1.54) is 121 Å². The van der Waals surface area contributed by atoms with E-state index in [-0.39, 0.29) is 79.8 Å². The average Bonchev–Trinajstić information content (AvgIpc) is 0.940. The molecule has 11 N–H and O–H groups in total. The van der Waals surface area contributed by atoms with Crippen molar-refractivity contribution in [3.05, 3.63) is 225 Å². The third-order valence-corrected chi connectivity index (χ3v) is 15.2. The van der Waals surface area contributed by atoms with Crippen LogP contribution in [-0.4, -0.2) is 183 Å². The molecule has 0 saturated carbocycles. The molecule has 0 amide bonds. The number of esters is 3. The largest absolute Gasteiger partial charge is 0.478 e. The maximum Gasteiger partial charge on any atom is 0.422 e. The number of carbonyl (C=O) groups excluding carboxylic acids is 5. The van der Waals surface area contributed by atoms with Crippen LogP contribution in [0.2, 0.25) is 15.9 Å². The Balaban J connectivity index is 0.000000267. The van der Waals surface area contributed by atoms with Crippen molar-refractivity contribution in [1.29, 1.82) is 0 Å². The first-order valence-corrected chi connectivity index (χ1v) is 39.1. The van der Waals surface area contributed by atoms with Gasteiger partial charge in [-0.15, -0.1) is 0 Å². The second-order valence-corrected chi connectivity index (χ2v) is 30.6. The zero-order valence-corrected chi connectivity index (χ0v) is 73.8. The summed E-state index contributed by atoms with van der Waals surface area (Å²) >= 11 is 26.8. The standard InChI is InChI=1S/C27H30F3N5O5.C19H12Cl2F3N5O3.C19H14F3N5O5.C11H15NO2.C3Cl3N3.C2H3F3O/c1-25(2,3)39-20(36)16-7-11-18(12-8-16)31-22-33-23(35-24(34-22)38-15-27(28,29)30)32-19-13-9-17(10-14-19)21(37)40-26(4,5)6;20-14(30)10-1-5-12(6-2-10)25-16-27-17(29-18(28-16)32-9-19(22,23)24)26-13-7-3-11(4-8-13)15(21)31;20-19(21,22)9-32-18-26-16(23-12-5-1-10(2-6-12)14(28)29)25-17(27-18)24-13-7-3-11(4-8-13)15(30)31;1-11(2,3)14-10(13)8-4-6-9(12)7-5-8;4-1-7-2(5)9-3(6)8-1;3-2(4,5)1-6/h7-14H,15H2,1-6H3,(H2,31,32,33,34,35);1-8H,9H2,(H2,25,26,27,28,29);1-8H,9H2,(H,28,29)(H,30,31)(H2,23,24,25,26,27);4-7H,12H2,1-3H3;;6H,1H2. The molecule has 0 aliphatic carbocycles. The van der Waals surface area contributed by atoms with Gasteiger partial charge in [0.2, 0.25) is 51.5 Å². The number of halogens is 17. The summed E-state index contributed by atoms with van der Waals surface area (Å²) in [5, 5.41) is 40.6. The summed E-state index contributed by atoms with van der Waals surface area (Å²) in [4.78, 5) is 126. The summed E-state index contributed by atoms with van der Waals surface area (Å²) in [6.07, 6.45) is -18.2. The maximum absolute atomic E-state index is 12.7. The van der Waals surface area contributed by atoms with Crippen LogP contribution in [0.25, 0.3) is 0 Å². The van der Waals surface area contributed by atoms with Gasteiger partial charge in [-0.1, -0.05) is 0 Å². The topological polar surface area (TPSA) is 488 Å². The monoisotopic (exact) mass is 1970 g/mol. The number of aliphatic hydroxyl groups excluding tert-OH is 1. The lowest BCUT2D eigenvalue weighted by Gasteiger charge is -2.19. The number of nitrogen functional groups attached to an aromatic ring is 1. The van der Waals surface area contributed by atoms with Crippen molar-refractivity contribution in [3.63, 3.8) is 0 Å². The number of nitrogens with two attached hydrogens (primary N) is 1. The van der Waals surface area contributed by atoms with Crippen LogP contribution in [0.1, 0.15) is 135 Å². The van der Waals surface area contributed by atoms with Gasteiger partial charge < -0.3 is 81.4 Å². The molecule has 7 aromatic carbocycles. The zero-order valence-electron chi connectivity index (χ0n) is 70.0. The first-order valence-electron chi connectivity index (χ1n) is 37.2. The van der Waals surface area contributed by atoms with Gasteiger partial charge in [-0.3, -0.25) is 9.59 Å². The third kappa shape index (κ3) is 43.0. The van der Waals surface area contributed by atoms with Crippen molar-refractivity contribution >= 4 is 174 Å². The molecular weight excluding hydrogens is 1900 g/mol. The summed E-state index contributed by atoms with van der Waals surface area (Å²) in [5.41, 5.74) is 8.52. The molecule has 4 heterocycles. The van der Waals surface area contributed by atoms with Crippen LogP contribution in [-0.2, 0) is 14.2 Å². The number of carboxylic acids is 2. The molecule has 133 heavy (non-hydrogen) atoms. The summed E-state index contributed by atoms with van der Waals surface area (Å²) in [5.74, 6) is -4.44. The molecule has 11 rings (SSSR count). The Bertz CT molecular complexity index is 5290. The number of anilines is 13. The number of aliphatic hydroxyl groups is 1. The summed E-state index contributed by atoms with van der Waals surface area (Å²) in [6, 6.07) is 39.9. The lowest BCUT2D eigenvalue weighted by Crippen LogP contribution is -2.23. The van der Waals surface area contributed by atoms with Crippen LogP contribution >= 0.6 is 58.0 Å². The van der Waals surface area contributed by atoms with Crippen LogP contribution in [0.3, 0.4) is 0 Å². The van der Waals surface area contributed by atoms with Crippen LogP contribution < -0.4 is 51.8 Å². The average molecular weight is 1970 g/mol. The van der Waals surface area contributed by atoms with Gasteiger partial charge in [0.15, 0.2) is 19.8 Å².